The molecule has 1 aromatic heterocycles. The molecule has 0 fully saturated rings. The molecular weight excluding hydrogens is 310 g/mol. The Bertz CT molecular complexity index is 446. The van der Waals surface area contributed by atoms with Crippen LogP contribution in [0.4, 0.5) is 0 Å². The lowest BCUT2D eigenvalue weighted by atomic mass is 10.1. The third kappa shape index (κ3) is 8.59. The zero-order chi connectivity index (χ0) is 15.5. The molecule has 6 nitrogen and oxygen atoms in total. The van der Waals surface area contributed by atoms with Crippen molar-refractivity contribution in [2.24, 2.45) is 5.73 Å². The van der Waals surface area contributed by atoms with Crippen LogP contribution in [0.2, 0.25) is 0 Å². The number of carboxylic acid groups (broad SMARTS) is 1. The van der Waals surface area contributed by atoms with Gasteiger partial charge in [-0.1, -0.05) is 16.9 Å². The minimum atomic E-state index is -0.943. The summed E-state index contributed by atoms with van der Waals surface area (Å²) in [6.45, 7) is 0.537. The fourth-order valence-corrected chi connectivity index (χ4v) is 3.35. The molecule has 8 heteroatoms. The number of nitrogens with zero attached hydrogens (tertiary/aromatic N) is 1. The van der Waals surface area contributed by atoms with Crippen molar-refractivity contribution >= 4 is 33.5 Å². The first-order chi connectivity index (χ1) is 10.1. The van der Waals surface area contributed by atoms with E-state index in [4.69, 9.17) is 10.8 Å². The number of aromatic nitrogens is 1. The molecule has 0 bridgehead atoms. The van der Waals surface area contributed by atoms with Crippen LogP contribution in [0.5, 0.6) is 0 Å². The van der Waals surface area contributed by atoms with Crippen LogP contribution in [0.1, 0.15) is 19.3 Å². The van der Waals surface area contributed by atoms with E-state index in [-0.39, 0.29) is 18.7 Å². The van der Waals surface area contributed by atoms with Gasteiger partial charge in [0, 0.05) is 24.9 Å². The molecule has 0 radical (unpaired) electrons. The van der Waals surface area contributed by atoms with Crippen molar-refractivity contribution in [3.8, 4) is 0 Å². The van der Waals surface area contributed by atoms with Crippen LogP contribution in [0.25, 0.3) is 0 Å². The van der Waals surface area contributed by atoms with E-state index in [0.29, 0.717) is 6.54 Å². The number of carboxylic acids is 1. The van der Waals surface area contributed by atoms with Gasteiger partial charge >= 0.3 is 5.97 Å². The van der Waals surface area contributed by atoms with Crippen LogP contribution in [0.15, 0.2) is 29.4 Å². The number of hydrogen-bond donors (Lipinski definition) is 3. The van der Waals surface area contributed by atoms with Crippen LogP contribution in [0, 0.1) is 0 Å². The van der Waals surface area contributed by atoms with E-state index in [1.54, 1.807) is 27.8 Å². The molecule has 0 aliphatic heterocycles. The molecule has 1 amide bonds. The van der Waals surface area contributed by atoms with Gasteiger partial charge in [-0.2, -0.15) is 0 Å². The Morgan fingerprint density at radius 2 is 2.24 bits per heavy atom. The number of aliphatic carboxylic acids is 1. The fourth-order valence-electron chi connectivity index (χ4n) is 1.38. The molecule has 0 spiro atoms. The second kappa shape index (κ2) is 10.5. The Hall–Kier alpha value is -1.25. The van der Waals surface area contributed by atoms with Crippen molar-refractivity contribution in [1.82, 2.24) is 10.3 Å². The van der Waals surface area contributed by atoms with Gasteiger partial charge in [0.15, 0.2) is 0 Å². The van der Waals surface area contributed by atoms with Crippen molar-refractivity contribution < 1.29 is 14.7 Å². The fraction of sp³-hybridized carbons (Fsp3) is 0.462. The second-order valence-corrected chi connectivity index (χ2v) is 6.69. The highest BCUT2D eigenvalue weighted by Gasteiger charge is 2.13. The third-order valence-corrected chi connectivity index (χ3v) is 4.84. The molecule has 4 N–H and O–H groups in total. The average Bonchev–Trinajstić information content (AvgIpc) is 2.49. The zero-order valence-electron chi connectivity index (χ0n) is 11.5. The van der Waals surface area contributed by atoms with Crippen molar-refractivity contribution in [2.75, 3.05) is 12.3 Å². The lowest BCUT2D eigenvalue weighted by molar-refractivity contribution is -0.137. The van der Waals surface area contributed by atoms with Crippen molar-refractivity contribution in [3.05, 3.63) is 24.4 Å². The molecule has 0 aliphatic rings. The highest BCUT2D eigenvalue weighted by atomic mass is 33.1. The Morgan fingerprint density at radius 1 is 1.43 bits per heavy atom. The van der Waals surface area contributed by atoms with Gasteiger partial charge in [-0.3, -0.25) is 9.59 Å². The van der Waals surface area contributed by atoms with E-state index in [1.807, 2.05) is 18.2 Å². The van der Waals surface area contributed by atoms with Gasteiger partial charge in [0.25, 0.3) is 0 Å². The minimum absolute atomic E-state index is 0.0921. The summed E-state index contributed by atoms with van der Waals surface area (Å²) in [4.78, 5) is 26.1. The van der Waals surface area contributed by atoms with Gasteiger partial charge < -0.3 is 16.2 Å². The predicted molar refractivity (Wildman–Crippen MR) is 85.0 cm³/mol. The van der Waals surface area contributed by atoms with Crippen molar-refractivity contribution in [2.45, 2.75) is 30.3 Å². The molecule has 1 atom stereocenters. The van der Waals surface area contributed by atoms with Crippen LogP contribution in [-0.4, -0.2) is 40.3 Å². The summed E-state index contributed by atoms with van der Waals surface area (Å²) >= 11 is 0. The van der Waals surface area contributed by atoms with Crippen molar-refractivity contribution in [1.29, 1.82) is 0 Å². The van der Waals surface area contributed by atoms with Gasteiger partial charge in [0.1, 0.15) is 5.03 Å². The molecule has 1 heterocycles. The van der Waals surface area contributed by atoms with Crippen LogP contribution in [0.3, 0.4) is 0 Å². The highest BCUT2D eigenvalue weighted by molar-refractivity contribution is 8.76. The molecule has 21 heavy (non-hydrogen) atoms. The number of pyridine rings is 1. The van der Waals surface area contributed by atoms with Gasteiger partial charge in [0.2, 0.25) is 5.91 Å². The molecule has 0 saturated carbocycles. The minimum Gasteiger partial charge on any atom is -0.481 e. The Labute approximate surface area is 131 Å². The van der Waals surface area contributed by atoms with E-state index < -0.39 is 12.0 Å². The topological polar surface area (TPSA) is 105 Å². The molecular formula is C13H19N3O3S2. The van der Waals surface area contributed by atoms with E-state index in [1.165, 1.54) is 0 Å². The maximum Gasteiger partial charge on any atom is 0.303 e. The summed E-state index contributed by atoms with van der Waals surface area (Å²) in [6, 6.07) is 5.00. The lowest BCUT2D eigenvalue weighted by Crippen LogP contribution is -2.41. The number of nitrogens with two attached hydrogens (primary N) is 1. The number of hydrogen-bond acceptors (Lipinski definition) is 6. The SMILES string of the molecule is NC(CCC(=O)O)C(=O)NCCCSSc1ccccn1. The summed E-state index contributed by atoms with van der Waals surface area (Å²) in [5, 5.41) is 12.2. The van der Waals surface area contributed by atoms with Crippen LogP contribution in [-0.2, 0) is 9.59 Å². The van der Waals surface area contributed by atoms with Gasteiger partial charge in [-0.15, -0.1) is 0 Å². The maximum atomic E-state index is 11.6. The summed E-state index contributed by atoms with van der Waals surface area (Å²) in [5.41, 5.74) is 5.59. The highest BCUT2D eigenvalue weighted by Crippen LogP contribution is 2.29. The Kier molecular flexibility index (Phi) is 8.88. The molecule has 0 aromatic carbocycles. The van der Waals surface area contributed by atoms with Crippen LogP contribution >= 0.6 is 21.6 Å². The molecule has 116 valence electrons. The number of rotatable bonds is 10. The first-order valence-corrected chi connectivity index (χ1v) is 8.87. The predicted octanol–water partition coefficient (Wildman–Crippen LogP) is 1.52. The number of nitrogens with one attached hydrogen (secondary N) is 1. The average molecular weight is 329 g/mol. The van der Waals surface area contributed by atoms with E-state index in [9.17, 15) is 9.59 Å². The van der Waals surface area contributed by atoms with E-state index in [0.717, 1.165) is 17.2 Å². The molecule has 0 aliphatic carbocycles. The van der Waals surface area contributed by atoms with Gasteiger partial charge in [-0.05, 0) is 35.8 Å². The number of carbonyl (C=O) groups is 2. The number of amides is 1. The number of carbonyl (C=O) groups excluding carboxylic acids is 1. The smallest absolute Gasteiger partial charge is 0.303 e. The maximum absolute atomic E-state index is 11.6. The molecule has 1 rings (SSSR count). The summed E-state index contributed by atoms with van der Waals surface area (Å²) in [7, 11) is 3.27. The van der Waals surface area contributed by atoms with E-state index in [2.05, 4.69) is 10.3 Å². The summed E-state index contributed by atoms with van der Waals surface area (Å²) in [6.07, 6.45) is 2.64. The first-order valence-electron chi connectivity index (χ1n) is 6.55. The quantitative estimate of drug-likeness (QED) is 0.441. The zero-order valence-corrected chi connectivity index (χ0v) is 13.2. The van der Waals surface area contributed by atoms with Crippen LogP contribution < -0.4 is 11.1 Å². The van der Waals surface area contributed by atoms with Crippen molar-refractivity contribution in [3.63, 3.8) is 0 Å². The Balaban J connectivity index is 2.03. The van der Waals surface area contributed by atoms with Gasteiger partial charge in [0.05, 0.1) is 6.04 Å². The molecule has 1 unspecified atom stereocenters. The second-order valence-electron chi connectivity index (χ2n) is 4.26. The Morgan fingerprint density at radius 3 is 2.90 bits per heavy atom. The normalized spacial score (nSPS) is 11.9. The van der Waals surface area contributed by atoms with Gasteiger partial charge in [-0.25, -0.2) is 4.98 Å². The third-order valence-electron chi connectivity index (χ3n) is 2.49. The monoisotopic (exact) mass is 329 g/mol. The first kappa shape index (κ1) is 17.8. The summed E-state index contributed by atoms with van der Waals surface area (Å²) in [5.74, 6) is -0.355. The molecule has 0 saturated heterocycles. The largest absolute Gasteiger partial charge is 0.481 e. The standard InChI is InChI=1S/C13H19N3O3S2/c14-10(5-6-12(17)18)13(19)16-8-3-9-20-21-11-4-1-2-7-15-11/h1-2,4,7,10H,3,5-6,8-9,14H2,(H,16,19)(H,17,18). The lowest BCUT2D eigenvalue weighted by Gasteiger charge is -2.10. The van der Waals surface area contributed by atoms with E-state index >= 15 is 0 Å². The molecule has 1 aromatic rings. The summed E-state index contributed by atoms with van der Waals surface area (Å²) < 4.78 is 0.